The number of aryl methyl sites for hydroxylation is 1. The average Bonchev–Trinajstić information content (AvgIpc) is 3.43. The van der Waals surface area contributed by atoms with Gasteiger partial charge in [0.25, 0.3) is 0 Å². The topological polar surface area (TPSA) is 66.1 Å². The molecule has 34 heavy (non-hydrogen) atoms. The minimum atomic E-state index is -0.000516. The molecule has 2 aromatic carbocycles. The molecule has 0 atom stereocenters. The summed E-state index contributed by atoms with van der Waals surface area (Å²) in [6.07, 6.45) is 4.08. The summed E-state index contributed by atoms with van der Waals surface area (Å²) < 4.78 is 8.93. The van der Waals surface area contributed by atoms with Crippen LogP contribution in [-0.2, 0) is 24.8 Å². The fourth-order valence-corrected chi connectivity index (χ4v) is 5.86. The van der Waals surface area contributed by atoms with Crippen LogP contribution >= 0.6 is 11.3 Å². The monoisotopic (exact) mass is 475 g/mol. The predicted octanol–water partition coefficient (Wildman–Crippen LogP) is 5.09. The summed E-state index contributed by atoms with van der Waals surface area (Å²) in [7, 11) is 3.45. The first-order valence-electron chi connectivity index (χ1n) is 11.8. The molecule has 4 aromatic rings. The zero-order valence-corrected chi connectivity index (χ0v) is 20.4. The van der Waals surface area contributed by atoms with Gasteiger partial charge in [-0.05, 0) is 43.7 Å². The number of aromatic nitrogens is 3. The maximum absolute atomic E-state index is 13.0. The van der Waals surface area contributed by atoms with E-state index in [1.54, 1.807) is 23.0 Å². The summed E-state index contributed by atoms with van der Waals surface area (Å²) in [5, 5.41) is 2.92. The quantitative estimate of drug-likeness (QED) is 0.373. The van der Waals surface area contributed by atoms with Gasteiger partial charge < -0.3 is 4.74 Å². The number of benzene rings is 2. The molecule has 1 fully saturated rings. The smallest absolute Gasteiger partial charge is 0.328 e. The van der Waals surface area contributed by atoms with Gasteiger partial charge in [0.1, 0.15) is 16.5 Å². The van der Waals surface area contributed by atoms with Gasteiger partial charge in [-0.15, -0.1) is 11.3 Å². The van der Waals surface area contributed by atoms with Crippen LogP contribution in [0.3, 0.4) is 0 Å². The lowest BCUT2D eigenvalue weighted by Crippen LogP contribution is -2.29. The molecule has 0 saturated heterocycles. The number of carbonyl (C=O) groups is 1. The van der Waals surface area contributed by atoms with E-state index in [1.807, 2.05) is 65.5 Å². The summed E-state index contributed by atoms with van der Waals surface area (Å²) in [5.41, 5.74) is 3.84. The van der Waals surface area contributed by atoms with Crippen molar-refractivity contribution in [3.8, 4) is 17.0 Å². The van der Waals surface area contributed by atoms with Crippen molar-refractivity contribution >= 4 is 28.2 Å². The molecule has 176 valence electrons. The highest BCUT2D eigenvalue weighted by Crippen LogP contribution is 2.32. The van der Waals surface area contributed by atoms with Crippen LogP contribution in [0, 0.1) is 11.8 Å². The maximum Gasteiger partial charge on any atom is 0.328 e. The van der Waals surface area contributed by atoms with Gasteiger partial charge in [-0.3, -0.25) is 13.9 Å². The zero-order valence-electron chi connectivity index (χ0n) is 19.6. The molecule has 7 heteroatoms. The molecular formula is C27H29N3O3S. The van der Waals surface area contributed by atoms with Gasteiger partial charge in [0.05, 0.1) is 30.3 Å². The Morgan fingerprint density at radius 2 is 1.85 bits per heavy atom. The van der Waals surface area contributed by atoms with E-state index < -0.39 is 0 Å². The van der Waals surface area contributed by atoms with Crippen LogP contribution < -0.4 is 10.4 Å². The first-order valence-corrected chi connectivity index (χ1v) is 12.7. The van der Waals surface area contributed by atoms with Crippen LogP contribution in [0.2, 0.25) is 0 Å². The standard InChI is InChI=1S/C27H29N3O3S/c1-29-23-13-12-21(33-2)14-24(23)30(27(29)32)16-18-8-10-20(11-9-18)25(31)15-26-28-22(17-34-26)19-6-4-3-5-7-19/h3-7,12-14,17-18,20H,8-11,15-16H2,1-2H3. The van der Waals surface area contributed by atoms with Crippen LogP contribution in [0.4, 0.5) is 0 Å². The van der Waals surface area contributed by atoms with Crippen molar-refractivity contribution < 1.29 is 9.53 Å². The minimum absolute atomic E-state index is 0.000516. The highest BCUT2D eigenvalue weighted by atomic mass is 32.1. The van der Waals surface area contributed by atoms with Crippen LogP contribution in [0.25, 0.3) is 22.3 Å². The largest absolute Gasteiger partial charge is 0.497 e. The number of nitrogens with zero attached hydrogens (tertiary/aromatic N) is 3. The van der Waals surface area contributed by atoms with Gasteiger partial charge in [0.2, 0.25) is 0 Å². The highest BCUT2D eigenvalue weighted by Gasteiger charge is 2.28. The third kappa shape index (κ3) is 4.44. The first kappa shape index (κ1) is 22.6. The molecule has 0 N–H and O–H groups in total. The van der Waals surface area contributed by atoms with Gasteiger partial charge >= 0.3 is 5.69 Å². The number of rotatable bonds is 7. The number of hydrogen-bond donors (Lipinski definition) is 0. The van der Waals surface area contributed by atoms with Crippen molar-refractivity contribution in [3.05, 3.63) is 69.4 Å². The normalized spacial score (nSPS) is 18.3. The van der Waals surface area contributed by atoms with E-state index in [-0.39, 0.29) is 11.6 Å². The number of fused-ring (bicyclic) bond motifs is 1. The second-order valence-corrected chi connectivity index (χ2v) is 10.1. The molecular weight excluding hydrogens is 446 g/mol. The van der Waals surface area contributed by atoms with E-state index in [4.69, 9.17) is 4.74 Å². The number of imidazole rings is 1. The van der Waals surface area contributed by atoms with Gasteiger partial charge in [-0.25, -0.2) is 9.78 Å². The Hall–Kier alpha value is -3.19. The van der Waals surface area contributed by atoms with E-state index in [1.165, 1.54) is 0 Å². The number of Topliss-reactive ketones (excluding diaryl/α,β-unsaturated/α-hetero) is 1. The second kappa shape index (κ2) is 9.58. The van der Waals surface area contributed by atoms with E-state index in [9.17, 15) is 9.59 Å². The Balaban J connectivity index is 1.21. The van der Waals surface area contributed by atoms with Gasteiger partial charge in [0, 0.05) is 36.5 Å². The average molecular weight is 476 g/mol. The molecule has 0 bridgehead atoms. The molecule has 6 nitrogen and oxygen atoms in total. The fraction of sp³-hybridized carbons (Fsp3) is 0.370. The number of ketones is 1. The maximum atomic E-state index is 13.0. The molecule has 2 heterocycles. The molecule has 1 saturated carbocycles. The summed E-state index contributed by atoms with van der Waals surface area (Å²) >= 11 is 1.56. The third-order valence-electron chi connectivity index (χ3n) is 7.04. The van der Waals surface area contributed by atoms with Crippen LogP contribution in [0.15, 0.2) is 58.7 Å². The molecule has 0 amide bonds. The SMILES string of the molecule is COc1ccc2c(c1)n(CC1CCC(C(=O)Cc3nc(-c4ccccc4)cs3)CC1)c(=O)n2C. The zero-order chi connectivity index (χ0) is 23.7. The summed E-state index contributed by atoms with van der Waals surface area (Å²) in [6.45, 7) is 0.678. The van der Waals surface area contributed by atoms with Gasteiger partial charge in [-0.2, -0.15) is 0 Å². The van der Waals surface area contributed by atoms with Crippen molar-refractivity contribution in [2.45, 2.75) is 38.6 Å². The fourth-order valence-electron chi connectivity index (χ4n) is 5.05. The number of ether oxygens (including phenoxy) is 1. The number of hydrogen-bond acceptors (Lipinski definition) is 5. The highest BCUT2D eigenvalue weighted by molar-refractivity contribution is 7.10. The Kier molecular flexibility index (Phi) is 6.37. The van der Waals surface area contributed by atoms with Crippen molar-refractivity contribution in [2.24, 2.45) is 18.9 Å². The lowest BCUT2D eigenvalue weighted by atomic mass is 9.79. The lowest BCUT2D eigenvalue weighted by Gasteiger charge is -2.27. The Morgan fingerprint density at radius 1 is 1.09 bits per heavy atom. The summed E-state index contributed by atoms with van der Waals surface area (Å²) in [5.74, 6) is 1.52. The molecule has 1 aliphatic rings. The number of carbonyl (C=O) groups excluding carboxylic acids is 1. The Labute approximate surface area is 202 Å². The summed E-state index contributed by atoms with van der Waals surface area (Å²) in [4.78, 5) is 30.5. The van der Waals surface area contributed by atoms with Crippen LogP contribution in [-0.4, -0.2) is 27.0 Å². The van der Waals surface area contributed by atoms with Gasteiger partial charge in [-0.1, -0.05) is 30.3 Å². The lowest BCUT2D eigenvalue weighted by molar-refractivity contribution is -0.123. The van der Waals surface area contributed by atoms with Crippen LogP contribution in [0.1, 0.15) is 30.7 Å². The predicted molar refractivity (Wildman–Crippen MR) is 135 cm³/mol. The molecule has 0 radical (unpaired) electrons. The van der Waals surface area contributed by atoms with Gasteiger partial charge in [0.15, 0.2) is 0 Å². The van der Waals surface area contributed by atoms with E-state index in [0.717, 1.165) is 58.7 Å². The van der Waals surface area contributed by atoms with Crippen molar-refractivity contribution in [1.29, 1.82) is 0 Å². The summed E-state index contributed by atoms with van der Waals surface area (Å²) in [6, 6.07) is 15.8. The van der Waals surface area contributed by atoms with Crippen molar-refractivity contribution in [3.63, 3.8) is 0 Å². The molecule has 0 unspecified atom stereocenters. The van der Waals surface area contributed by atoms with Crippen molar-refractivity contribution in [1.82, 2.24) is 14.1 Å². The first-order chi connectivity index (χ1) is 16.5. The van der Waals surface area contributed by atoms with Crippen LogP contribution in [0.5, 0.6) is 5.75 Å². The van der Waals surface area contributed by atoms with Crippen molar-refractivity contribution in [2.75, 3.05) is 7.11 Å². The second-order valence-electron chi connectivity index (χ2n) is 9.16. The molecule has 5 rings (SSSR count). The van der Waals surface area contributed by atoms with E-state index in [2.05, 4.69) is 4.98 Å². The molecule has 1 aliphatic carbocycles. The van der Waals surface area contributed by atoms with E-state index in [0.29, 0.717) is 24.7 Å². The Morgan fingerprint density at radius 3 is 2.59 bits per heavy atom. The van der Waals surface area contributed by atoms with E-state index >= 15 is 0 Å². The molecule has 2 aromatic heterocycles. The number of methoxy groups -OCH3 is 1. The third-order valence-corrected chi connectivity index (χ3v) is 7.89. The minimum Gasteiger partial charge on any atom is -0.497 e. The Bertz CT molecular complexity index is 1360. The number of thiazole rings is 1. The molecule has 0 spiro atoms. The molecule has 0 aliphatic heterocycles.